The number of amides is 7. The predicted octanol–water partition coefficient (Wildman–Crippen LogP) is 3.37. The summed E-state index contributed by atoms with van der Waals surface area (Å²) in [7, 11) is 0. The quantitative estimate of drug-likeness (QED) is 0.236. The normalized spacial score (nSPS) is 16.9. The molecule has 312 valence electrons. The van der Waals surface area contributed by atoms with Crippen LogP contribution in [-0.2, 0) is 40.1 Å². The molecule has 2 heterocycles. The highest BCUT2D eigenvalue weighted by atomic mass is 16.2. The molecule has 3 rings (SSSR count). The summed E-state index contributed by atoms with van der Waals surface area (Å²) in [5.41, 5.74) is 0.882. The molecule has 0 aliphatic carbocycles. The van der Waals surface area contributed by atoms with Gasteiger partial charge in [-0.05, 0) is 100 Å². The van der Waals surface area contributed by atoms with Crippen molar-refractivity contribution >= 4 is 41.4 Å². The van der Waals surface area contributed by atoms with Crippen molar-refractivity contribution in [3.63, 3.8) is 0 Å². The third kappa shape index (κ3) is 11.8. The molecular formula is C42H67N7O7. The summed E-state index contributed by atoms with van der Waals surface area (Å²) >= 11 is 0. The Labute approximate surface area is 334 Å². The maximum absolute atomic E-state index is 14.3. The van der Waals surface area contributed by atoms with Gasteiger partial charge in [-0.3, -0.25) is 33.6 Å². The van der Waals surface area contributed by atoms with Crippen LogP contribution in [0.25, 0.3) is 0 Å². The van der Waals surface area contributed by atoms with Gasteiger partial charge >= 0.3 is 0 Å². The van der Waals surface area contributed by atoms with Crippen molar-refractivity contribution in [2.75, 3.05) is 39.3 Å². The van der Waals surface area contributed by atoms with Gasteiger partial charge < -0.3 is 34.3 Å². The highest BCUT2D eigenvalue weighted by molar-refractivity contribution is 5.96. The van der Waals surface area contributed by atoms with E-state index in [9.17, 15) is 33.6 Å². The number of hydrogen-bond acceptors (Lipinski definition) is 7. The number of benzene rings is 1. The molecule has 0 saturated carbocycles. The van der Waals surface area contributed by atoms with Crippen LogP contribution >= 0.6 is 0 Å². The van der Waals surface area contributed by atoms with Crippen molar-refractivity contribution in [3.8, 4) is 0 Å². The number of carbonyl (C=O) groups excluding carboxylic acids is 7. The maximum Gasteiger partial charge on any atom is 0.246 e. The van der Waals surface area contributed by atoms with Crippen LogP contribution in [0, 0.1) is 0 Å². The van der Waals surface area contributed by atoms with Gasteiger partial charge in [-0.15, -0.1) is 0 Å². The van der Waals surface area contributed by atoms with Crippen LogP contribution in [0.3, 0.4) is 0 Å². The first-order chi connectivity index (χ1) is 26.3. The highest BCUT2D eigenvalue weighted by Gasteiger charge is 2.44. The second-order valence-electron chi connectivity index (χ2n) is 16.6. The minimum atomic E-state index is -0.794. The van der Waals surface area contributed by atoms with Gasteiger partial charge in [0, 0.05) is 56.8 Å². The molecule has 7 amide bonds. The fourth-order valence-electron chi connectivity index (χ4n) is 7.83. The Kier molecular flexibility index (Phi) is 16.9. The molecule has 2 atom stereocenters. The number of nitrogens with zero attached hydrogens (tertiary/aromatic N) is 7. The van der Waals surface area contributed by atoms with Crippen LogP contribution in [-0.4, -0.2) is 157 Å². The molecular weight excluding hydrogens is 715 g/mol. The van der Waals surface area contributed by atoms with Crippen LogP contribution in [0.4, 0.5) is 0 Å². The number of carbonyl (C=O) groups is 7. The summed E-state index contributed by atoms with van der Waals surface area (Å²) in [6.45, 7) is 20.3. The summed E-state index contributed by atoms with van der Waals surface area (Å²) < 4.78 is 0. The molecule has 1 aromatic carbocycles. The summed E-state index contributed by atoms with van der Waals surface area (Å²) in [6.07, 6.45) is 2.06. The first-order valence-electron chi connectivity index (χ1n) is 20.4. The Bertz CT molecular complexity index is 1540. The van der Waals surface area contributed by atoms with Gasteiger partial charge in [-0.2, -0.15) is 0 Å². The average molecular weight is 782 g/mol. The third-order valence-corrected chi connectivity index (χ3v) is 10.8. The molecule has 2 aliphatic rings. The standard InChI is InChI=1S/C42H67N7O7/c1-28(2)46(37(51)24-43(33(11)50)23-34-17-13-12-14-18-34)25-38(52)44-21-15-19-35(44)41(55)45-22-16-20-36(45)42(56)48(30(5)6)26-39(53)47(29(3)4)27-40(54)49(31(7)8)32(9)10/h12-14,17-18,28-32,35-36H,15-16,19-27H2,1-11H3/t35-,36+/m1/s1. The van der Waals surface area contributed by atoms with Crippen molar-refractivity contribution in [1.82, 2.24) is 34.3 Å². The predicted molar refractivity (Wildman–Crippen MR) is 215 cm³/mol. The molecule has 2 fully saturated rings. The molecule has 2 aliphatic heterocycles. The van der Waals surface area contributed by atoms with Gasteiger partial charge in [-0.1, -0.05) is 30.3 Å². The van der Waals surface area contributed by atoms with Crippen molar-refractivity contribution in [2.24, 2.45) is 0 Å². The topological polar surface area (TPSA) is 142 Å². The Balaban J connectivity index is 1.73. The monoisotopic (exact) mass is 782 g/mol. The van der Waals surface area contributed by atoms with Crippen LogP contribution in [0.5, 0.6) is 0 Å². The summed E-state index contributed by atoms with van der Waals surface area (Å²) in [6, 6.07) is 6.74. The zero-order valence-corrected chi connectivity index (χ0v) is 35.7. The van der Waals surface area contributed by atoms with Crippen molar-refractivity contribution in [3.05, 3.63) is 35.9 Å². The Morgan fingerprint density at radius 1 is 0.589 bits per heavy atom. The Hall–Kier alpha value is -4.49. The summed E-state index contributed by atoms with van der Waals surface area (Å²) in [5, 5.41) is 0. The Morgan fingerprint density at radius 2 is 1.07 bits per heavy atom. The third-order valence-electron chi connectivity index (χ3n) is 10.8. The zero-order valence-electron chi connectivity index (χ0n) is 35.7. The first-order valence-corrected chi connectivity index (χ1v) is 20.4. The van der Waals surface area contributed by atoms with E-state index in [1.165, 1.54) is 31.4 Å². The van der Waals surface area contributed by atoms with Crippen molar-refractivity contribution in [2.45, 2.75) is 151 Å². The molecule has 14 nitrogen and oxygen atoms in total. The molecule has 0 unspecified atom stereocenters. The van der Waals surface area contributed by atoms with Crippen LogP contribution < -0.4 is 0 Å². The lowest BCUT2D eigenvalue weighted by molar-refractivity contribution is -0.153. The molecule has 0 bridgehead atoms. The minimum Gasteiger partial charge on any atom is -0.336 e. The van der Waals surface area contributed by atoms with Gasteiger partial charge in [0.05, 0.1) is 0 Å². The SMILES string of the molecule is CC(=O)N(CC(=O)N(CC(=O)N1CCC[C@@H]1C(=O)N1CCC[C@H]1C(=O)N(CC(=O)N(CC(=O)N(C(C)C)C(C)C)C(C)C)C(C)C)C(C)C)Cc1ccccc1. The van der Waals surface area contributed by atoms with Crippen molar-refractivity contribution in [1.29, 1.82) is 0 Å². The fraction of sp³-hybridized carbons (Fsp3) is 0.690. The molecule has 2 saturated heterocycles. The van der Waals surface area contributed by atoms with E-state index in [2.05, 4.69) is 0 Å². The number of hydrogen-bond donors (Lipinski definition) is 0. The van der Waals surface area contributed by atoms with Gasteiger partial charge in [0.15, 0.2) is 0 Å². The Morgan fingerprint density at radius 3 is 1.59 bits per heavy atom. The number of rotatable bonds is 17. The van der Waals surface area contributed by atoms with Crippen LogP contribution in [0.1, 0.15) is 107 Å². The lowest BCUT2D eigenvalue weighted by atomic mass is 10.1. The zero-order chi connectivity index (χ0) is 42.0. The summed E-state index contributed by atoms with van der Waals surface area (Å²) in [4.78, 5) is 106. The maximum atomic E-state index is 14.3. The second-order valence-corrected chi connectivity index (χ2v) is 16.6. The van der Waals surface area contributed by atoms with Gasteiger partial charge in [0.1, 0.15) is 38.3 Å². The smallest absolute Gasteiger partial charge is 0.246 e. The lowest BCUT2D eigenvalue weighted by Gasteiger charge is -2.37. The number of likely N-dealkylation sites (tertiary alicyclic amines) is 2. The van der Waals surface area contributed by atoms with E-state index in [0.717, 1.165) is 5.56 Å². The molecule has 0 N–H and O–H groups in total. The van der Waals surface area contributed by atoms with Gasteiger partial charge in [0.2, 0.25) is 41.4 Å². The van der Waals surface area contributed by atoms with E-state index < -0.39 is 12.1 Å². The molecule has 56 heavy (non-hydrogen) atoms. The van der Waals surface area contributed by atoms with E-state index >= 15 is 0 Å². The molecule has 0 spiro atoms. The molecule has 1 aromatic rings. The molecule has 0 aromatic heterocycles. The van der Waals surface area contributed by atoms with E-state index in [1.54, 1.807) is 9.80 Å². The van der Waals surface area contributed by atoms with Crippen LogP contribution in [0.2, 0.25) is 0 Å². The molecule has 14 heteroatoms. The van der Waals surface area contributed by atoms with E-state index in [0.29, 0.717) is 38.8 Å². The summed E-state index contributed by atoms with van der Waals surface area (Å²) in [5.74, 6) is -2.15. The second kappa shape index (κ2) is 20.6. The van der Waals surface area contributed by atoms with Crippen LogP contribution in [0.15, 0.2) is 30.3 Å². The van der Waals surface area contributed by atoms with E-state index in [-0.39, 0.29) is 104 Å². The van der Waals surface area contributed by atoms with Gasteiger partial charge in [0.25, 0.3) is 0 Å². The van der Waals surface area contributed by atoms with Crippen molar-refractivity contribution < 1.29 is 33.6 Å². The average Bonchev–Trinajstić information content (AvgIpc) is 3.81. The first kappa shape index (κ1) is 45.9. The van der Waals surface area contributed by atoms with E-state index in [1.807, 2.05) is 99.6 Å². The lowest BCUT2D eigenvalue weighted by Crippen LogP contribution is -2.57. The van der Waals surface area contributed by atoms with E-state index in [4.69, 9.17) is 0 Å². The minimum absolute atomic E-state index is 0.0390. The fourth-order valence-corrected chi connectivity index (χ4v) is 7.83. The largest absolute Gasteiger partial charge is 0.336 e. The molecule has 0 radical (unpaired) electrons. The van der Waals surface area contributed by atoms with Gasteiger partial charge in [-0.25, -0.2) is 0 Å². The highest BCUT2D eigenvalue weighted by Crippen LogP contribution is 2.27.